The molecule has 0 saturated carbocycles. The summed E-state index contributed by atoms with van der Waals surface area (Å²) in [7, 11) is -1.80. The summed E-state index contributed by atoms with van der Waals surface area (Å²) >= 11 is 0. The van der Waals surface area contributed by atoms with Crippen molar-refractivity contribution in [2.24, 2.45) is 5.92 Å². The molecule has 0 amide bonds. The highest BCUT2D eigenvalue weighted by atomic mass is 32.2. The number of benzene rings is 2. The fourth-order valence-electron chi connectivity index (χ4n) is 3.18. The van der Waals surface area contributed by atoms with Crippen molar-refractivity contribution in [3.8, 4) is 0 Å². The number of methoxy groups -OCH3 is 1. The third-order valence-corrected chi connectivity index (χ3v) is 6.17. The first-order chi connectivity index (χ1) is 10.6. The SMILES string of the molecule is COC[C@@H]1CCCN(S(=O)(=O)c2cccc3ccccc23)C1. The van der Waals surface area contributed by atoms with E-state index in [0.29, 0.717) is 24.6 Å². The number of ether oxygens (including phenoxy) is 1. The summed E-state index contributed by atoms with van der Waals surface area (Å²) in [6.07, 6.45) is 1.91. The Kier molecular flexibility index (Phi) is 4.47. The van der Waals surface area contributed by atoms with Crippen LogP contribution in [0.2, 0.25) is 0 Å². The molecule has 1 heterocycles. The van der Waals surface area contributed by atoms with E-state index in [1.54, 1.807) is 17.5 Å². The molecule has 5 heteroatoms. The average Bonchev–Trinajstić information content (AvgIpc) is 2.55. The topological polar surface area (TPSA) is 46.6 Å². The van der Waals surface area contributed by atoms with Crippen LogP contribution < -0.4 is 0 Å². The lowest BCUT2D eigenvalue weighted by atomic mass is 10.0. The number of piperidine rings is 1. The second kappa shape index (κ2) is 6.36. The van der Waals surface area contributed by atoms with Gasteiger partial charge in [0.2, 0.25) is 10.0 Å². The van der Waals surface area contributed by atoms with Crippen molar-refractivity contribution in [1.82, 2.24) is 4.31 Å². The Labute approximate surface area is 131 Å². The first-order valence-electron chi connectivity index (χ1n) is 7.60. The van der Waals surface area contributed by atoms with E-state index in [9.17, 15) is 8.42 Å². The number of nitrogens with zero attached hydrogens (tertiary/aromatic N) is 1. The fourth-order valence-corrected chi connectivity index (χ4v) is 4.95. The second-order valence-electron chi connectivity index (χ2n) is 5.80. The summed E-state index contributed by atoms with van der Waals surface area (Å²) in [6, 6.07) is 13.1. The van der Waals surface area contributed by atoms with Crippen LogP contribution in [-0.2, 0) is 14.8 Å². The Morgan fingerprint density at radius 3 is 2.77 bits per heavy atom. The van der Waals surface area contributed by atoms with Gasteiger partial charge in [0.25, 0.3) is 0 Å². The molecule has 0 aromatic heterocycles. The van der Waals surface area contributed by atoms with Crippen LogP contribution in [-0.4, -0.2) is 39.5 Å². The molecule has 0 radical (unpaired) electrons. The van der Waals surface area contributed by atoms with Gasteiger partial charge in [-0.25, -0.2) is 8.42 Å². The molecule has 2 aromatic carbocycles. The Balaban J connectivity index is 1.98. The molecule has 3 rings (SSSR count). The molecule has 22 heavy (non-hydrogen) atoms. The van der Waals surface area contributed by atoms with E-state index in [1.807, 2.05) is 36.4 Å². The molecule has 0 N–H and O–H groups in total. The van der Waals surface area contributed by atoms with Gasteiger partial charge in [-0.1, -0.05) is 36.4 Å². The van der Waals surface area contributed by atoms with Gasteiger partial charge in [0.15, 0.2) is 0 Å². The highest BCUT2D eigenvalue weighted by Gasteiger charge is 2.31. The van der Waals surface area contributed by atoms with E-state index in [-0.39, 0.29) is 5.92 Å². The molecule has 0 unspecified atom stereocenters. The molecule has 0 bridgehead atoms. The first kappa shape index (κ1) is 15.5. The van der Waals surface area contributed by atoms with E-state index < -0.39 is 10.0 Å². The molecule has 1 aliphatic heterocycles. The van der Waals surface area contributed by atoms with E-state index in [2.05, 4.69) is 0 Å². The van der Waals surface area contributed by atoms with Gasteiger partial charge in [0.05, 0.1) is 11.5 Å². The maximum absolute atomic E-state index is 13.0. The predicted molar refractivity (Wildman–Crippen MR) is 87.3 cm³/mol. The number of sulfonamides is 1. The average molecular weight is 319 g/mol. The predicted octanol–water partition coefficient (Wildman–Crippen LogP) is 2.89. The summed E-state index contributed by atoms with van der Waals surface area (Å²) in [6.45, 7) is 1.74. The van der Waals surface area contributed by atoms with Crippen molar-refractivity contribution in [3.05, 3.63) is 42.5 Å². The lowest BCUT2D eigenvalue weighted by Gasteiger charge is -2.31. The highest BCUT2D eigenvalue weighted by Crippen LogP contribution is 2.28. The van der Waals surface area contributed by atoms with Crippen LogP contribution in [0, 0.1) is 5.92 Å². The van der Waals surface area contributed by atoms with Crippen LogP contribution in [0.5, 0.6) is 0 Å². The third kappa shape index (κ3) is 2.89. The number of hydrogen-bond donors (Lipinski definition) is 0. The molecule has 4 nitrogen and oxygen atoms in total. The molecular weight excluding hydrogens is 298 g/mol. The monoisotopic (exact) mass is 319 g/mol. The summed E-state index contributed by atoms with van der Waals surface area (Å²) in [5.41, 5.74) is 0. The van der Waals surface area contributed by atoms with Gasteiger partial charge in [0, 0.05) is 25.6 Å². The minimum absolute atomic E-state index is 0.281. The maximum Gasteiger partial charge on any atom is 0.243 e. The van der Waals surface area contributed by atoms with Crippen LogP contribution in [0.15, 0.2) is 47.4 Å². The molecule has 0 aliphatic carbocycles. The van der Waals surface area contributed by atoms with Crippen LogP contribution in [0.4, 0.5) is 0 Å². The van der Waals surface area contributed by atoms with E-state index in [1.165, 1.54) is 0 Å². The maximum atomic E-state index is 13.0. The zero-order valence-electron chi connectivity index (χ0n) is 12.7. The largest absolute Gasteiger partial charge is 0.384 e. The number of rotatable bonds is 4. The van der Waals surface area contributed by atoms with Crippen molar-refractivity contribution in [1.29, 1.82) is 0 Å². The van der Waals surface area contributed by atoms with Gasteiger partial charge >= 0.3 is 0 Å². The quantitative estimate of drug-likeness (QED) is 0.870. The molecule has 1 atom stereocenters. The highest BCUT2D eigenvalue weighted by molar-refractivity contribution is 7.89. The molecule has 1 fully saturated rings. The lowest BCUT2D eigenvalue weighted by molar-refractivity contribution is 0.118. The molecule has 0 spiro atoms. The van der Waals surface area contributed by atoms with Gasteiger partial charge < -0.3 is 4.74 Å². The van der Waals surface area contributed by atoms with Crippen LogP contribution in [0.25, 0.3) is 10.8 Å². The molecule has 1 saturated heterocycles. The summed E-state index contributed by atoms with van der Waals surface area (Å²) in [4.78, 5) is 0.406. The minimum atomic E-state index is -3.46. The van der Waals surface area contributed by atoms with Crippen molar-refractivity contribution in [2.45, 2.75) is 17.7 Å². The Hall–Kier alpha value is -1.43. The van der Waals surface area contributed by atoms with E-state index >= 15 is 0 Å². The Morgan fingerprint density at radius 2 is 1.95 bits per heavy atom. The standard InChI is InChI=1S/C17H21NO3S/c1-21-13-14-6-5-11-18(12-14)22(19,20)17-10-4-8-15-7-2-3-9-16(15)17/h2-4,7-10,14H,5-6,11-13H2,1H3/t14-/m1/s1. The van der Waals surface area contributed by atoms with Crippen molar-refractivity contribution in [2.75, 3.05) is 26.8 Å². The smallest absolute Gasteiger partial charge is 0.243 e. The van der Waals surface area contributed by atoms with Gasteiger partial charge in [-0.2, -0.15) is 4.31 Å². The second-order valence-corrected chi connectivity index (χ2v) is 7.71. The number of fused-ring (bicyclic) bond motifs is 1. The van der Waals surface area contributed by atoms with Crippen LogP contribution >= 0.6 is 0 Å². The molecular formula is C17H21NO3S. The van der Waals surface area contributed by atoms with Crippen molar-refractivity contribution in [3.63, 3.8) is 0 Å². The summed E-state index contributed by atoms with van der Waals surface area (Å²) in [5, 5.41) is 1.74. The third-order valence-electron chi connectivity index (χ3n) is 4.25. The molecule has 1 aliphatic rings. The minimum Gasteiger partial charge on any atom is -0.384 e. The van der Waals surface area contributed by atoms with Gasteiger partial charge in [-0.3, -0.25) is 0 Å². The van der Waals surface area contributed by atoms with E-state index in [4.69, 9.17) is 4.74 Å². The zero-order valence-corrected chi connectivity index (χ0v) is 13.6. The van der Waals surface area contributed by atoms with Crippen molar-refractivity contribution < 1.29 is 13.2 Å². The van der Waals surface area contributed by atoms with Crippen LogP contribution in [0.1, 0.15) is 12.8 Å². The van der Waals surface area contributed by atoms with Crippen LogP contribution in [0.3, 0.4) is 0 Å². The fraction of sp³-hybridized carbons (Fsp3) is 0.412. The van der Waals surface area contributed by atoms with Gasteiger partial charge in [0.1, 0.15) is 0 Å². The Morgan fingerprint density at radius 1 is 1.18 bits per heavy atom. The first-order valence-corrected chi connectivity index (χ1v) is 9.04. The molecule has 118 valence electrons. The normalized spacial score (nSPS) is 20.3. The number of hydrogen-bond acceptors (Lipinski definition) is 3. The summed E-state index contributed by atoms with van der Waals surface area (Å²) in [5.74, 6) is 0.281. The summed E-state index contributed by atoms with van der Waals surface area (Å²) < 4.78 is 32.9. The van der Waals surface area contributed by atoms with Gasteiger partial charge in [-0.05, 0) is 30.2 Å². The Bertz CT molecular complexity index is 750. The van der Waals surface area contributed by atoms with Crippen molar-refractivity contribution >= 4 is 20.8 Å². The zero-order chi connectivity index (χ0) is 15.6. The molecule has 2 aromatic rings. The lowest BCUT2D eigenvalue weighted by Crippen LogP contribution is -2.41. The van der Waals surface area contributed by atoms with Gasteiger partial charge in [-0.15, -0.1) is 0 Å². The van der Waals surface area contributed by atoms with E-state index in [0.717, 1.165) is 23.6 Å².